The van der Waals surface area contributed by atoms with Gasteiger partial charge in [0.15, 0.2) is 11.2 Å². The second kappa shape index (κ2) is 6.99. The number of rotatable bonds is 3. The van der Waals surface area contributed by atoms with Crippen molar-refractivity contribution < 1.29 is 29.2 Å². The lowest BCUT2D eigenvalue weighted by Gasteiger charge is -2.40. The number of hydrogen-bond acceptors (Lipinski definition) is 5. The van der Waals surface area contributed by atoms with Gasteiger partial charge in [-0.3, -0.25) is 4.98 Å². The SMILES string of the molecule is O=C(O)C1(F)[C@@H](O)C2(O)c3ncc(Cl)cc3O[C@@]2(c2ccc(Br)cc2)[C@@H]1c1ccccc1. The monoisotopic (exact) mass is 519 g/mol. The third-order valence-corrected chi connectivity index (χ3v) is 7.11. The number of carbonyl (C=O) groups is 1. The average Bonchev–Trinajstić information content (AvgIpc) is 3.11. The molecule has 0 spiro atoms. The van der Waals surface area contributed by atoms with Crippen LogP contribution in [0.2, 0.25) is 5.02 Å². The van der Waals surface area contributed by atoms with Crippen LogP contribution in [0.15, 0.2) is 71.3 Å². The van der Waals surface area contributed by atoms with Gasteiger partial charge in [0.2, 0.25) is 5.67 Å². The van der Waals surface area contributed by atoms with Crippen LogP contribution in [0.3, 0.4) is 0 Å². The highest BCUT2D eigenvalue weighted by Gasteiger charge is 2.85. The molecule has 9 heteroatoms. The zero-order chi connectivity index (χ0) is 22.9. The minimum absolute atomic E-state index is 0.0374. The van der Waals surface area contributed by atoms with E-state index in [9.17, 15) is 20.1 Å². The third kappa shape index (κ3) is 2.46. The molecule has 32 heavy (non-hydrogen) atoms. The number of halogens is 3. The molecule has 6 nitrogen and oxygen atoms in total. The van der Waals surface area contributed by atoms with Crippen LogP contribution in [0, 0.1) is 0 Å². The first-order valence-electron chi connectivity index (χ1n) is 9.66. The summed E-state index contributed by atoms with van der Waals surface area (Å²) in [6, 6.07) is 15.9. The van der Waals surface area contributed by atoms with E-state index < -0.39 is 34.9 Å². The maximum Gasteiger partial charge on any atom is 0.345 e. The summed E-state index contributed by atoms with van der Waals surface area (Å²) >= 11 is 9.42. The minimum Gasteiger partial charge on any atom is -0.479 e. The number of nitrogens with zero attached hydrogens (tertiary/aromatic N) is 1. The van der Waals surface area contributed by atoms with E-state index in [4.69, 9.17) is 16.3 Å². The van der Waals surface area contributed by atoms with Gasteiger partial charge in [-0.2, -0.15) is 0 Å². The van der Waals surface area contributed by atoms with E-state index in [1.165, 1.54) is 24.4 Å². The first kappa shape index (κ1) is 21.3. The minimum atomic E-state index is -3.30. The van der Waals surface area contributed by atoms with Crippen LogP contribution < -0.4 is 4.74 Å². The second-order valence-electron chi connectivity index (χ2n) is 7.93. The van der Waals surface area contributed by atoms with Gasteiger partial charge in [0.25, 0.3) is 0 Å². The largest absolute Gasteiger partial charge is 0.479 e. The summed E-state index contributed by atoms with van der Waals surface area (Å²) in [4.78, 5) is 16.5. The lowest BCUT2D eigenvalue weighted by Crippen LogP contribution is -2.53. The Bertz CT molecular complexity index is 1230. The molecule has 1 aromatic heterocycles. The van der Waals surface area contributed by atoms with Gasteiger partial charge in [0, 0.05) is 16.7 Å². The molecule has 0 saturated heterocycles. The van der Waals surface area contributed by atoms with E-state index in [1.807, 2.05) is 0 Å². The molecule has 1 aliphatic heterocycles. The fourth-order valence-electron chi connectivity index (χ4n) is 5.09. The molecule has 2 aromatic carbocycles. The number of aromatic nitrogens is 1. The van der Waals surface area contributed by atoms with Crippen molar-refractivity contribution >= 4 is 33.5 Å². The van der Waals surface area contributed by atoms with Crippen molar-refractivity contribution in [2.24, 2.45) is 0 Å². The van der Waals surface area contributed by atoms with Crippen molar-refractivity contribution in [3.8, 4) is 5.75 Å². The van der Waals surface area contributed by atoms with Gasteiger partial charge < -0.3 is 20.1 Å². The smallest absolute Gasteiger partial charge is 0.345 e. The van der Waals surface area contributed by atoms with Crippen molar-refractivity contribution in [3.05, 3.63) is 93.2 Å². The number of fused-ring (bicyclic) bond motifs is 3. The first-order valence-corrected chi connectivity index (χ1v) is 10.8. The zero-order valence-electron chi connectivity index (χ0n) is 16.2. The summed E-state index contributed by atoms with van der Waals surface area (Å²) in [5.41, 5.74) is -7.57. The normalized spacial score (nSPS) is 32.8. The van der Waals surface area contributed by atoms with E-state index in [0.29, 0.717) is 4.47 Å². The molecule has 1 fully saturated rings. The Morgan fingerprint density at radius 2 is 1.81 bits per heavy atom. The number of alkyl halides is 1. The maximum atomic E-state index is 16.6. The van der Waals surface area contributed by atoms with Gasteiger partial charge in [-0.1, -0.05) is 70.0 Å². The molecule has 2 unspecified atom stereocenters. The van der Waals surface area contributed by atoms with Crippen molar-refractivity contribution in [2.75, 3.05) is 0 Å². The Hall–Kier alpha value is -2.52. The van der Waals surface area contributed by atoms with Crippen LogP contribution in [0.4, 0.5) is 4.39 Å². The third-order valence-electron chi connectivity index (χ3n) is 6.37. The highest BCUT2D eigenvalue weighted by atomic mass is 79.9. The Kier molecular flexibility index (Phi) is 4.66. The molecule has 0 amide bonds. The number of aliphatic carboxylic acids is 1. The van der Waals surface area contributed by atoms with Gasteiger partial charge in [-0.05, 0) is 23.3 Å². The molecule has 0 radical (unpaired) electrons. The summed E-state index contributed by atoms with van der Waals surface area (Å²) in [6.45, 7) is 0. The molecule has 2 heterocycles. The molecular weight excluding hydrogens is 505 g/mol. The van der Waals surface area contributed by atoms with Crippen molar-refractivity contribution in [1.29, 1.82) is 0 Å². The highest BCUT2D eigenvalue weighted by molar-refractivity contribution is 9.10. The fourth-order valence-corrected chi connectivity index (χ4v) is 5.50. The van der Waals surface area contributed by atoms with E-state index in [1.54, 1.807) is 42.5 Å². The van der Waals surface area contributed by atoms with E-state index in [0.717, 1.165) is 0 Å². The molecular formula is C23H16BrClFNO5. The standard InChI is InChI=1S/C23H16BrClFNO5/c24-14-8-6-13(7-9-14)23-17(12-4-2-1-3-5-12)21(26,20(29)30)19(28)22(23,31)18-16(32-23)10-15(25)11-27-18/h1-11,17,19,28,31H,(H,29,30)/t17-,19-,21?,22?,23+/m1/s1. The number of benzene rings is 2. The zero-order valence-corrected chi connectivity index (χ0v) is 18.6. The van der Waals surface area contributed by atoms with Crippen molar-refractivity contribution in [3.63, 3.8) is 0 Å². The molecule has 1 saturated carbocycles. The second-order valence-corrected chi connectivity index (χ2v) is 9.28. The lowest BCUT2D eigenvalue weighted by molar-refractivity contribution is -0.174. The maximum absolute atomic E-state index is 16.6. The first-order chi connectivity index (χ1) is 15.2. The van der Waals surface area contributed by atoms with Crippen LogP contribution >= 0.6 is 27.5 Å². The Morgan fingerprint density at radius 3 is 2.44 bits per heavy atom. The molecule has 5 rings (SSSR count). The molecule has 3 aromatic rings. The number of ether oxygens (including phenoxy) is 1. The average molecular weight is 521 g/mol. The van der Waals surface area contributed by atoms with Gasteiger partial charge >= 0.3 is 5.97 Å². The van der Waals surface area contributed by atoms with Crippen LogP contribution in [0.25, 0.3) is 0 Å². The number of hydrogen-bond donors (Lipinski definition) is 3. The number of aliphatic hydroxyl groups is 2. The molecule has 5 atom stereocenters. The van der Waals surface area contributed by atoms with E-state index >= 15 is 4.39 Å². The molecule has 0 bridgehead atoms. The lowest BCUT2D eigenvalue weighted by atomic mass is 9.71. The topological polar surface area (TPSA) is 99.9 Å². The summed E-state index contributed by atoms with van der Waals surface area (Å²) in [5, 5.41) is 33.4. The van der Waals surface area contributed by atoms with Gasteiger partial charge in [-0.15, -0.1) is 0 Å². The summed E-state index contributed by atoms with van der Waals surface area (Å²) in [7, 11) is 0. The van der Waals surface area contributed by atoms with Gasteiger partial charge in [0.1, 0.15) is 17.5 Å². The Labute approximate surface area is 195 Å². The van der Waals surface area contributed by atoms with Crippen LogP contribution in [0.1, 0.15) is 22.7 Å². The Balaban J connectivity index is 1.92. The Morgan fingerprint density at radius 1 is 1.16 bits per heavy atom. The van der Waals surface area contributed by atoms with Gasteiger partial charge in [0.05, 0.1) is 10.9 Å². The summed E-state index contributed by atoms with van der Waals surface area (Å²) in [5.74, 6) is -3.52. The van der Waals surface area contributed by atoms with E-state index in [2.05, 4.69) is 20.9 Å². The molecule has 3 N–H and O–H groups in total. The summed E-state index contributed by atoms with van der Waals surface area (Å²) in [6.07, 6.45) is -1.18. The van der Waals surface area contributed by atoms with Crippen LogP contribution in [-0.4, -0.2) is 38.0 Å². The number of carboxylic acids is 1. The van der Waals surface area contributed by atoms with Crippen molar-refractivity contribution in [1.82, 2.24) is 4.98 Å². The predicted octanol–water partition coefficient (Wildman–Crippen LogP) is 3.92. The van der Waals surface area contributed by atoms with Crippen LogP contribution in [-0.2, 0) is 16.0 Å². The fraction of sp³-hybridized carbons (Fsp3) is 0.217. The molecule has 1 aliphatic carbocycles. The number of carboxylic acid groups (broad SMARTS) is 1. The van der Waals surface area contributed by atoms with Gasteiger partial charge in [-0.25, -0.2) is 9.18 Å². The number of pyridine rings is 1. The number of aliphatic hydroxyl groups excluding tert-OH is 1. The van der Waals surface area contributed by atoms with Crippen LogP contribution in [0.5, 0.6) is 5.75 Å². The summed E-state index contributed by atoms with van der Waals surface area (Å²) < 4.78 is 23.5. The van der Waals surface area contributed by atoms with E-state index in [-0.39, 0.29) is 27.6 Å². The predicted molar refractivity (Wildman–Crippen MR) is 116 cm³/mol. The quantitative estimate of drug-likeness (QED) is 0.484. The van der Waals surface area contributed by atoms with Crippen molar-refractivity contribution in [2.45, 2.75) is 28.9 Å². The molecule has 2 aliphatic rings. The highest BCUT2D eigenvalue weighted by Crippen LogP contribution is 2.70. The molecule has 164 valence electrons.